The van der Waals surface area contributed by atoms with Gasteiger partial charge in [0.25, 0.3) is 0 Å². The normalized spacial score (nSPS) is 18.3. The molecule has 1 fully saturated rings. The van der Waals surface area contributed by atoms with E-state index < -0.39 is 24.3 Å². The summed E-state index contributed by atoms with van der Waals surface area (Å²) in [4.78, 5) is 27.2. The number of carbonyl (C=O) groups excluding carboxylic acids is 1. The summed E-state index contributed by atoms with van der Waals surface area (Å²) in [6.07, 6.45) is 0. The monoisotopic (exact) mass is 377 g/mol. The van der Waals surface area contributed by atoms with Crippen molar-refractivity contribution in [1.29, 1.82) is 0 Å². The number of pyridine rings is 1. The molecule has 0 amide bonds. The van der Waals surface area contributed by atoms with Crippen LogP contribution in [-0.4, -0.2) is 36.4 Å². The maximum absolute atomic E-state index is 12.6. The molecule has 2 aromatic rings. The van der Waals surface area contributed by atoms with Gasteiger partial charge < -0.3 is 19.0 Å². The van der Waals surface area contributed by atoms with Crippen molar-refractivity contribution < 1.29 is 18.8 Å². The minimum absolute atomic E-state index is 0.0764. The van der Waals surface area contributed by atoms with Crippen LogP contribution in [0.1, 0.15) is 43.7 Å². The molecule has 0 unspecified atom stereocenters. The fraction of sp³-hybridized carbons (Fsp3) is 0.444. The first kappa shape index (κ1) is 19.0. The lowest BCUT2D eigenvalue weighted by Gasteiger charge is -2.32. The van der Waals surface area contributed by atoms with Crippen LogP contribution in [0.3, 0.4) is 0 Å². The standard InChI is InChI=1S/C18H21BClNO5/c1-9-14(20)11(19-25-17(2,3)18(4,5)26-19)7-10-13(22)8-12(16(23)24-6)21-15(9)10/h7-8H,1-6H3,(H,21,22). The number of H-pyrrole nitrogens is 1. The van der Waals surface area contributed by atoms with Crippen LogP contribution in [0.2, 0.25) is 5.02 Å². The van der Waals surface area contributed by atoms with Crippen LogP contribution in [0.5, 0.6) is 0 Å². The second kappa shape index (κ2) is 6.11. The first-order valence-electron chi connectivity index (χ1n) is 8.28. The van der Waals surface area contributed by atoms with Gasteiger partial charge in [0, 0.05) is 21.9 Å². The number of rotatable bonds is 2. The predicted molar refractivity (Wildman–Crippen MR) is 101 cm³/mol. The molecule has 0 saturated carbocycles. The second-order valence-corrected chi connectivity index (χ2v) is 7.83. The Kier molecular flexibility index (Phi) is 4.46. The Morgan fingerprint density at radius 2 is 1.77 bits per heavy atom. The average molecular weight is 378 g/mol. The first-order chi connectivity index (χ1) is 12.0. The molecule has 1 saturated heterocycles. The number of nitrogens with one attached hydrogen (secondary N) is 1. The molecule has 1 aromatic carbocycles. The van der Waals surface area contributed by atoms with Crippen LogP contribution in [0.25, 0.3) is 10.9 Å². The lowest BCUT2D eigenvalue weighted by atomic mass is 9.77. The molecule has 1 N–H and O–H groups in total. The van der Waals surface area contributed by atoms with Gasteiger partial charge in [0.2, 0.25) is 0 Å². The summed E-state index contributed by atoms with van der Waals surface area (Å²) in [7, 11) is 0.571. The number of aryl methyl sites for hydroxylation is 1. The summed E-state index contributed by atoms with van der Waals surface area (Å²) < 4.78 is 16.8. The number of carbonyl (C=O) groups is 1. The molecule has 0 spiro atoms. The molecule has 0 radical (unpaired) electrons. The lowest BCUT2D eigenvalue weighted by molar-refractivity contribution is 0.00578. The van der Waals surface area contributed by atoms with Gasteiger partial charge in [0.15, 0.2) is 5.43 Å². The smallest absolute Gasteiger partial charge is 0.464 e. The molecule has 2 heterocycles. The van der Waals surface area contributed by atoms with Crippen molar-refractivity contribution in [2.75, 3.05) is 7.11 Å². The largest absolute Gasteiger partial charge is 0.496 e. The first-order valence-corrected chi connectivity index (χ1v) is 8.66. The minimum Gasteiger partial charge on any atom is -0.464 e. The minimum atomic E-state index is -0.685. The maximum atomic E-state index is 12.6. The molecular formula is C18H21BClNO5. The molecule has 6 nitrogen and oxygen atoms in total. The topological polar surface area (TPSA) is 77.6 Å². The van der Waals surface area contributed by atoms with E-state index in [0.717, 1.165) is 0 Å². The maximum Gasteiger partial charge on any atom is 0.496 e. The van der Waals surface area contributed by atoms with Gasteiger partial charge in [-0.15, -0.1) is 0 Å². The van der Waals surface area contributed by atoms with Crippen LogP contribution >= 0.6 is 11.6 Å². The van der Waals surface area contributed by atoms with E-state index in [-0.39, 0.29) is 11.1 Å². The zero-order valence-electron chi connectivity index (χ0n) is 15.7. The van der Waals surface area contributed by atoms with Gasteiger partial charge in [0.1, 0.15) is 5.69 Å². The number of methoxy groups -OCH3 is 1. The summed E-state index contributed by atoms with van der Waals surface area (Å²) in [5, 5.41) is 0.831. The fourth-order valence-corrected chi connectivity index (χ4v) is 3.15. The van der Waals surface area contributed by atoms with Crippen molar-refractivity contribution in [2.24, 2.45) is 0 Å². The summed E-state index contributed by atoms with van der Waals surface area (Å²) in [5.74, 6) is -0.616. The van der Waals surface area contributed by atoms with E-state index in [0.29, 0.717) is 27.0 Å². The zero-order valence-corrected chi connectivity index (χ0v) is 16.4. The van der Waals surface area contributed by atoms with E-state index in [9.17, 15) is 9.59 Å². The van der Waals surface area contributed by atoms with Gasteiger partial charge in [-0.1, -0.05) is 11.6 Å². The van der Waals surface area contributed by atoms with Gasteiger partial charge in [-0.3, -0.25) is 4.79 Å². The van der Waals surface area contributed by atoms with E-state index in [1.807, 2.05) is 27.7 Å². The number of benzene rings is 1. The third-order valence-corrected chi connectivity index (χ3v) is 5.74. The molecule has 0 atom stereocenters. The van der Waals surface area contributed by atoms with E-state index in [1.165, 1.54) is 13.2 Å². The number of ether oxygens (including phenoxy) is 1. The number of aromatic nitrogens is 1. The molecular weight excluding hydrogens is 356 g/mol. The van der Waals surface area contributed by atoms with Crippen molar-refractivity contribution in [3.63, 3.8) is 0 Å². The van der Waals surface area contributed by atoms with E-state index in [1.54, 1.807) is 13.0 Å². The van der Waals surface area contributed by atoms with E-state index >= 15 is 0 Å². The number of aromatic amines is 1. The van der Waals surface area contributed by atoms with Crippen LogP contribution in [0.4, 0.5) is 0 Å². The van der Waals surface area contributed by atoms with Gasteiger partial charge in [0.05, 0.1) is 23.8 Å². The molecule has 0 aliphatic carbocycles. The van der Waals surface area contributed by atoms with Crippen LogP contribution in [-0.2, 0) is 14.0 Å². The molecule has 1 aliphatic heterocycles. The van der Waals surface area contributed by atoms with Crippen molar-refractivity contribution >= 4 is 41.1 Å². The molecule has 26 heavy (non-hydrogen) atoms. The van der Waals surface area contributed by atoms with Gasteiger partial charge in [-0.05, 0) is 46.2 Å². The predicted octanol–water partition coefficient (Wildman–Crippen LogP) is 2.58. The van der Waals surface area contributed by atoms with Gasteiger partial charge >= 0.3 is 13.1 Å². The number of esters is 1. The van der Waals surface area contributed by atoms with Crippen molar-refractivity contribution in [1.82, 2.24) is 4.98 Å². The third-order valence-electron chi connectivity index (χ3n) is 5.24. The number of halogens is 1. The highest BCUT2D eigenvalue weighted by Gasteiger charge is 2.52. The molecule has 138 valence electrons. The Balaban J connectivity index is 2.19. The summed E-state index contributed by atoms with van der Waals surface area (Å²) in [6, 6.07) is 2.88. The number of hydrogen-bond donors (Lipinski definition) is 1. The Hall–Kier alpha value is -1.83. The number of hydrogen-bond acceptors (Lipinski definition) is 5. The SMILES string of the molecule is COC(=O)c1cc(=O)c2cc(B3OC(C)(C)C(C)(C)O3)c(Cl)c(C)c2[nH]1. The molecule has 1 aromatic heterocycles. The Morgan fingerprint density at radius 3 is 2.31 bits per heavy atom. The Bertz CT molecular complexity index is 950. The Labute approximate surface area is 156 Å². The highest BCUT2D eigenvalue weighted by Crippen LogP contribution is 2.37. The molecule has 1 aliphatic rings. The summed E-state index contributed by atoms with van der Waals surface area (Å²) in [6.45, 7) is 9.57. The van der Waals surface area contributed by atoms with Crippen molar-refractivity contribution in [3.05, 3.63) is 38.6 Å². The van der Waals surface area contributed by atoms with Crippen molar-refractivity contribution in [3.8, 4) is 0 Å². The quantitative estimate of drug-likeness (QED) is 0.643. The Morgan fingerprint density at radius 1 is 1.19 bits per heavy atom. The molecule has 0 bridgehead atoms. The second-order valence-electron chi connectivity index (χ2n) is 7.45. The number of fused-ring (bicyclic) bond motifs is 1. The average Bonchev–Trinajstić information content (AvgIpc) is 2.77. The highest BCUT2D eigenvalue weighted by atomic mass is 35.5. The van der Waals surface area contributed by atoms with Gasteiger partial charge in [-0.2, -0.15) is 0 Å². The van der Waals surface area contributed by atoms with Crippen LogP contribution < -0.4 is 10.9 Å². The third kappa shape index (κ3) is 2.84. The van der Waals surface area contributed by atoms with Crippen LogP contribution in [0.15, 0.2) is 16.9 Å². The van der Waals surface area contributed by atoms with E-state index in [4.69, 9.17) is 20.9 Å². The van der Waals surface area contributed by atoms with Crippen molar-refractivity contribution in [2.45, 2.75) is 45.8 Å². The molecule has 3 rings (SSSR count). The highest BCUT2D eigenvalue weighted by molar-refractivity contribution is 6.66. The van der Waals surface area contributed by atoms with E-state index in [2.05, 4.69) is 9.72 Å². The fourth-order valence-electron chi connectivity index (χ4n) is 2.92. The molecule has 8 heteroatoms. The van der Waals surface area contributed by atoms with Gasteiger partial charge in [-0.25, -0.2) is 4.79 Å². The summed E-state index contributed by atoms with van der Waals surface area (Å²) >= 11 is 6.56. The zero-order chi connectivity index (χ0) is 19.4. The summed E-state index contributed by atoms with van der Waals surface area (Å²) in [5.41, 5.74) is 0.437. The lowest BCUT2D eigenvalue weighted by Crippen LogP contribution is -2.41. The van der Waals surface area contributed by atoms with Crippen LogP contribution in [0, 0.1) is 6.92 Å².